The second kappa shape index (κ2) is 8.62. The lowest BCUT2D eigenvalue weighted by molar-refractivity contribution is 0.201. The highest BCUT2D eigenvalue weighted by Gasteiger charge is 2.25. The maximum Gasteiger partial charge on any atom is 0.211 e. The van der Waals surface area contributed by atoms with E-state index in [1.165, 1.54) is 31.2 Å². The summed E-state index contributed by atoms with van der Waals surface area (Å²) >= 11 is 0. The Morgan fingerprint density at radius 3 is 2.48 bits per heavy atom. The Morgan fingerprint density at radius 2 is 1.80 bits per heavy atom. The van der Waals surface area contributed by atoms with E-state index in [9.17, 15) is 8.42 Å². The third kappa shape index (κ3) is 5.51. The molecule has 2 saturated heterocycles. The minimum Gasteiger partial charge on any atom is -0.313 e. The quantitative estimate of drug-likeness (QED) is 0.836. The van der Waals surface area contributed by atoms with Crippen molar-refractivity contribution in [1.29, 1.82) is 0 Å². The molecule has 1 N–H and O–H groups in total. The fourth-order valence-corrected chi connectivity index (χ4v) is 4.95. The van der Waals surface area contributed by atoms with Crippen molar-refractivity contribution < 1.29 is 8.42 Å². The van der Waals surface area contributed by atoms with Crippen LogP contribution in [-0.2, 0) is 10.0 Å². The average molecular weight is 366 g/mol. The number of nitrogens with zero attached hydrogens (tertiary/aromatic N) is 2. The molecule has 0 spiro atoms. The van der Waals surface area contributed by atoms with Crippen molar-refractivity contribution in [1.82, 2.24) is 14.5 Å². The number of piperidine rings is 2. The standard InChI is InChI=1S/C19H31N3O2S/c1-25(23,24)22-13-9-19(10-14-22)20-11-15-21-12-5-8-18(16-21)17-6-3-2-4-7-17/h2-4,6-7,18-20H,5,8-16H2,1H3. The van der Waals surface area contributed by atoms with Crippen LogP contribution >= 0.6 is 0 Å². The Morgan fingerprint density at radius 1 is 1.08 bits per heavy atom. The number of benzene rings is 1. The van der Waals surface area contributed by atoms with Crippen molar-refractivity contribution in [2.45, 2.75) is 37.6 Å². The summed E-state index contributed by atoms with van der Waals surface area (Å²) in [5, 5.41) is 3.63. The van der Waals surface area contributed by atoms with Crippen LogP contribution < -0.4 is 5.32 Å². The lowest BCUT2D eigenvalue weighted by Crippen LogP contribution is -2.46. The lowest BCUT2D eigenvalue weighted by Gasteiger charge is -2.34. The van der Waals surface area contributed by atoms with Gasteiger partial charge in [0.2, 0.25) is 10.0 Å². The molecule has 5 nitrogen and oxygen atoms in total. The van der Waals surface area contributed by atoms with Crippen LogP contribution in [0.1, 0.15) is 37.2 Å². The summed E-state index contributed by atoms with van der Waals surface area (Å²) in [5.41, 5.74) is 1.47. The molecular formula is C19H31N3O2S. The van der Waals surface area contributed by atoms with Crippen LogP contribution in [0.3, 0.4) is 0 Å². The summed E-state index contributed by atoms with van der Waals surface area (Å²) in [6.07, 6.45) is 5.70. The Bertz CT molecular complexity index is 627. The average Bonchev–Trinajstić information content (AvgIpc) is 2.62. The van der Waals surface area contributed by atoms with E-state index in [2.05, 4.69) is 40.5 Å². The van der Waals surface area contributed by atoms with E-state index in [1.807, 2.05) is 0 Å². The van der Waals surface area contributed by atoms with Gasteiger partial charge in [0, 0.05) is 38.8 Å². The van der Waals surface area contributed by atoms with Crippen molar-refractivity contribution in [2.75, 3.05) is 45.5 Å². The van der Waals surface area contributed by atoms with E-state index in [1.54, 1.807) is 4.31 Å². The zero-order valence-electron chi connectivity index (χ0n) is 15.2. The number of hydrogen-bond donors (Lipinski definition) is 1. The van der Waals surface area contributed by atoms with Crippen LogP contribution in [0, 0.1) is 0 Å². The molecule has 0 bridgehead atoms. The second-order valence-electron chi connectivity index (χ2n) is 7.44. The van der Waals surface area contributed by atoms with Gasteiger partial charge in [-0.05, 0) is 43.7 Å². The molecule has 1 aromatic carbocycles. The van der Waals surface area contributed by atoms with Gasteiger partial charge in [-0.25, -0.2) is 12.7 Å². The topological polar surface area (TPSA) is 52.7 Å². The number of nitrogens with one attached hydrogen (secondary N) is 1. The maximum absolute atomic E-state index is 11.6. The Hall–Kier alpha value is -0.950. The second-order valence-corrected chi connectivity index (χ2v) is 9.42. The summed E-state index contributed by atoms with van der Waals surface area (Å²) in [7, 11) is -3.02. The summed E-state index contributed by atoms with van der Waals surface area (Å²) in [6.45, 7) is 5.71. The van der Waals surface area contributed by atoms with E-state index in [0.717, 1.165) is 32.5 Å². The first kappa shape index (κ1) is 18.8. The fourth-order valence-electron chi connectivity index (χ4n) is 4.07. The number of sulfonamides is 1. The number of hydrogen-bond acceptors (Lipinski definition) is 4. The first-order valence-electron chi connectivity index (χ1n) is 9.48. The van der Waals surface area contributed by atoms with Crippen molar-refractivity contribution in [2.24, 2.45) is 0 Å². The summed E-state index contributed by atoms with van der Waals surface area (Å²) in [5.74, 6) is 0.660. The van der Waals surface area contributed by atoms with Gasteiger partial charge >= 0.3 is 0 Å². The molecule has 0 aliphatic carbocycles. The van der Waals surface area contributed by atoms with Crippen LogP contribution in [0.5, 0.6) is 0 Å². The van der Waals surface area contributed by atoms with Crippen molar-refractivity contribution in [3.05, 3.63) is 35.9 Å². The van der Waals surface area contributed by atoms with Gasteiger partial charge in [-0.1, -0.05) is 30.3 Å². The largest absolute Gasteiger partial charge is 0.313 e. The van der Waals surface area contributed by atoms with E-state index < -0.39 is 10.0 Å². The van der Waals surface area contributed by atoms with Crippen LogP contribution in [0.15, 0.2) is 30.3 Å². The third-order valence-corrected chi connectivity index (χ3v) is 6.86. The van der Waals surface area contributed by atoms with Gasteiger partial charge in [0.1, 0.15) is 0 Å². The van der Waals surface area contributed by atoms with E-state index in [4.69, 9.17) is 0 Å². The molecule has 0 saturated carbocycles. The van der Waals surface area contributed by atoms with Gasteiger partial charge in [-0.15, -0.1) is 0 Å². The smallest absolute Gasteiger partial charge is 0.211 e. The van der Waals surface area contributed by atoms with E-state index in [-0.39, 0.29) is 0 Å². The molecule has 0 amide bonds. The molecule has 0 aromatic heterocycles. The SMILES string of the molecule is CS(=O)(=O)N1CCC(NCCN2CCCC(c3ccccc3)C2)CC1. The van der Waals surface area contributed by atoms with Gasteiger partial charge in [-0.3, -0.25) is 0 Å². The first-order chi connectivity index (χ1) is 12.0. The maximum atomic E-state index is 11.6. The molecule has 1 unspecified atom stereocenters. The minimum absolute atomic E-state index is 0.452. The molecule has 2 aliphatic rings. The van der Waals surface area contributed by atoms with Gasteiger partial charge in [-0.2, -0.15) is 0 Å². The third-order valence-electron chi connectivity index (χ3n) is 5.56. The molecule has 3 rings (SSSR count). The summed E-state index contributed by atoms with van der Waals surface area (Å²) in [6, 6.07) is 11.3. The van der Waals surface area contributed by atoms with Crippen molar-refractivity contribution >= 4 is 10.0 Å². The summed E-state index contributed by atoms with van der Waals surface area (Å²) < 4.78 is 24.7. The predicted octanol–water partition coefficient (Wildman–Crippen LogP) is 1.88. The number of likely N-dealkylation sites (tertiary alicyclic amines) is 1. The van der Waals surface area contributed by atoms with Crippen molar-refractivity contribution in [3.8, 4) is 0 Å². The molecule has 2 aliphatic heterocycles. The normalized spacial score (nSPS) is 24.4. The zero-order valence-corrected chi connectivity index (χ0v) is 16.0. The van der Waals surface area contributed by atoms with Gasteiger partial charge in [0.05, 0.1) is 6.26 Å². The monoisotopic (exact) mass is 365 g/mol. The minimum atomic E-state index is -3.02. The van der Waals surface area contributed by atoms with Gasteiger partial charge < -0.3 is 10.2 Å². The lowest BCUT2D eigenvalue weighted by atomic mass is 9.91. The molecule has 0 radical (unpaired) electrons. The van der Waals surface area contributed by atoms with Gasteiger partial charge in [0.15, 0.2) is 0 Å². The van der Waals surface area contributed by atoms with E-state index in [0.29, 0.717) is 25.0 Å². The zero-order chi connectivity index (χ0) is 17.7. The predicted molar refractivity (Wildman–Crippen MR) is 102 cm³/mol. The highest BCUT2D eigenvalue weighted by atomic mass is 32.2. The molecule has 1 aromatic rings. The van der Waals surface area contributed by atoms with Crippen LogP contribution in [-0.4, -0.2) is 69.2 Å². The van der Waals surface area contributed by atoms with Crippen LogP contribution in [0.2, 0.25) is 0 Å². The van der Waals surface area contributed by atoms with Gasteiger partial charge in [0.25, 0.3) is 0 Å². The van der Waals surface area contributed by atoms with Crippen LogP contribution in [0.4, 0.5) is 0 Å². The number of rotatable bonds is 6. The summed E-state index contributed by atoms with van der Waals surface area (Å²) in [4.78, 5) is 2.57. The Labute approximate surface area is 152 Å². The van der Waals surface area contributed by atoms with Crippen LogP contribution in [0.25, 0.3) is 0 Å². The molecule has 140 valence electrons. The molecule has 1 atom stereocenters. The molecule has 6 heteroatoms. The molecular weight excluding hydrogens is 334 g/mol. The Kier molecular flexibility index (Phi) is 6.49. The Balaban J connectivity index is 1.38. The first-order valence-corrected chi connectivity index (χ1v) is 11.3. The highest BCUT2D eigenvalue weighted by Crippen LogP contribution is 2.26. The van der Waals surface area contributed by atoms with E-state index >= 15 is 0 Å². The molecule has 2 heterocycles. The fraction of sp³-hybridized carbons (Fsp3) is 0.684. The molecule has 25 heavy (non-hydrogen) atoms. The highest BCUT2D eigenvalue weighted by molar-refractivity contribution is 7.88. The molecule has 2 fully saturated rings. The van der Waals surface area contributed by atoms with Crippen molar-refractivity contribution in [3.63, 3.8) is 0 Å².